The molecule has 3 fully saturated rings. The molecule has 0 aliphatic carbocycles. The fourth-order valence-corrected chi connectivity index (χ4v) is 8.65. The van der Waals surface area contributed by atoms with Crippen LogP contribution in [0.2, 0.25) is 0 Å². The van der Waals surface area contributed by atoms with E-state index < -0.39 is 5.92 Å². The number of nitrogens with zero attached hydrogens (tertiary/aromatic N) is 4. The first-order valence-corrected chi connectivity index (χ1v) is 16.3. The van der Waals surface area contributed by atoms with Gasteiger partial charge in [-0.15, -0.1) is 0 Å². The molecule has 3 atom stereocenters. The van der Waals surface area contributed by atoms with E-state index >= 15 is 0 Å². The van der Waals surface area contributed by atoms with Crippen LogP contribution in [0.5, 0.6) is 0 Å². The highest BCUT2D eigenvalue weighted by Gasteiger charge is 2.44. The number of carbonyl (C=O) groups is 1. The number of hydrogen-bond acceptors (Lipinski definition) is 4. The number of aryl methyl sites for hydroxylation is 1. The SMILES string of the molecule is Cc1nc2ccccc2n1C1CC2CCC(C1)N2CCC1(c2ccccc2)CCN(C(=O)C(CO)c2ccccc2)CC1. The molecule has 3 aliphatic rings. The summed E-state index contributed by atoms with van der Waals surface area (Å²) in [7, 11) is 0. The number of carbonyl (C=O) groups excluding carboxylic acids is 1. The second-order valence-corrected chi connectivity index (χ2v) is 13.1. The van der Waals surface area contributed by atoms with Gasteiger partial charge >= 0.3 is 0 Å². The van der Waals surface area contributed by atoms with E-state index in [-0.39, 0.29) is 17.9 Å². The molecule has 0 radical (unpaired) electrons. The monoisotopic (exact) mass is 576 g/mol. The molecule has 0 spiro atoms. The lowest BCUT2D eigenvalue weighted by molar-refractivity contribution is -0.135. The Labute approximate surface area is 255 Å². The molecule has 224 valence electrons. The Morgan fingerprint density at radius 3 is 2.19 bits per heavy atom. The van der Waals surface area contributed by atoms with Crippen LogP contribution in [0.3, 0.4) is 0 Å². The van der Waals surface area contributed by atoms with Gasteiger partial charge < -0.3 is 14.6 Å². The summed E-state index contributed by atoms with van der Waals surface area (Å²) in [6, 6.07) is 31.1. The first-order valence-electron chi connectivity index (χ1n) is 16.3. The lowest BCUT2D eigenvalue weighted by Crippen LogP contribution is -2.50. The summed E-state index contributed by atoms with van der Waals surface area (Å²) in [6.07, 6.45) is 8.00. The van der Waals surface area contributed by atoms with Gasteiger partial charge in [0.05, 0.1) is 23.6 Å². The standard InChI is InChI=1S/C37H44N4O2/c1-27-38-34-14-8-9-15-35(34)41(27)32-24-30-16-17-31(25-32)40(30)23-20-37(29-12-6-3-7-13-29)18-21-39(22-19-37)36(43)33(26-42)28-10-4-2-5-11-28/h2-15,30-33,42H,16-26H2,1H3. The number of amides is 1. The molecule has 0 saturated carbocycles. The van der Waals surface area contributed by atoms with E-state index in [4.69, 9.17) is 4.98 Å². The fourth-order valence-electron chi connectivity index (χ4n) is 8.65. The van der Waals surface area contributed by atoms with Crippen molar-refractivity contribution in [1.29, 1.82) is 0 Å². The maximum Gasteiger partial charge on any atom is 0.232 e. The molecule has 6 heteroatoms. The molecule has 1 N–H and O–H groups in total. The highest BCUT2D eigenvalue weighted by atomic mass is 16.3. The quantitative estimate of drug-likeness (QED) is 0.270. The van der Waals surface area contributed by atoms with Crippen LogP contribution in [-0.2, 0) is 10.2 Å². The Hall–Kier alpha value is -3.48. The molecule has 43 heavy (non-hydrogen) atoms. The largest absolute Gasteiger partial charge is 0.395 e. The molecule has 4 heterocycles. The molecule has 3 saturated heterocycles. The zero-order chi connectivity index (χ0) is 29.4. The van der Waals surface area contributed by atoms with Crippen molar-refractivity contribution < 1.29 is 9.90 Å². The fraction of sp³-hybridized carbons (Fsp3) is 0.459. The summed E-state index contributed by atoms with van der Waals surface area (Å²) in [5.74, 6) is 0.704. The average Bonchev–Trinajstić information content (AvgIpc) is 3.51. The summed E-state index contributed by atoms with van der Waals surface area (Å²) >= 11 is 0. The molecule has 6 nitrogen and oxygen atoms in total. The first kappa shape index (κ1) is 28.3. The summed E-state index contributed by atoms with van der Waals surface area (Å²) < 4.78 is 2.52. The Morgan fingerprint density at radius 1 is 0.884 bits per heavy atom. The average molecular weight is 577 g/mol. The highest BCUT2D eigenvalue weighted by molar-refractivity contribution is 5.84. The van der Waals surface area contributed by atoms with Crippen LogP contribution in [0.1, 0.15) is 73.9 Å². The van der Waals surface area contributed by atoms with E-state index in [0.29, 0.717) is 18.1 Å². The van der Waals surface area contributed by atoms with Crippen molar-refractivity contribution in [2.75, 3.05) is 26.2 Å². The normalized spacial score (nSPS) is 24.3. The second kappa shape index (κ2) is 11.9. The number of hydrogen-bond donors (Lipinski definition) is 1. The number of aliphatic hydroxyl groups excluding tert-OH is 1. The van der Waals surface area contributed by atoms with Crippen LogP contribution < -0.4 is 0 Å². The van der Waals surface area contributed by atoms with E-state index in [0.717, 1.165) is 55.8 Å². The summed E-state index contributed by atoms with van der Waals surface area (Å²) in [4.78, 5) is 23.3. The van der Waals surface area contributed by atoms with Gasteiger partial charge in [0.2, 0.25) is 5.91 Å². The van der Waals surface area contributed by atoms with Crippen LogP contribution >= 0.6 is 0 Å². The number of imidazole rings is 1. The van der Waals surface area contributed by atoms with Gasteiger partial charge in [0.15, 0.2) is 0 Å². The van der Waals surface area contributed by atoms with E-state index in [9.17, 15) is 9.90 Å². The Bertz CT molecular complexity index is 1530. The predicted octanol–water partition coefficient (Wildman–Crippen LogP) is 6.24. The molecule has 3 aliphatic heterocycles. The minimum Gasteiger partial charge on any atom is -0.395 e. The molecule has 1 aromatic heterocycles. The van der Waals surface area contributed by atoms with Crippen molar-refractivity contribution in [2.24, 2.45) is 0 Å². The zero-order valence-electron chi connectivity index (χ0n) is 25.3. The molecule has 4 aromatic rings. The number of benzene rings is 3. The third-order valence-corrected chi connectivity index (χ3v) is 10.9. The van der Waals surface area contributed by atoms with Gasteiger partial charge in [0.25, 0.3) is 0 Å². The second-order valence-electron chi connectivity index (χ2n) is 13.1. The predicted molar refractivity (Wildman–Crippen MR) is 171 cm³/mol. The molecule has 2 bridgehead atoms. The van der Waals surface area contributed by atoms with E-state index in [2.05, 4.69) is 71.0 Å². The third-order valence-electron chi connectivity index (χ3n) is 10.9. The third kappa shape index (κ3) is 5.29. The van der Waals surface area contributed by atoms with Gasteiger partial charge in [-0.25, -0.2) is 4.98 Å². The van der Waals surface area contributed by atoms with Gasteiger partial charge in [-0.05, 0) is 87.1 Å². The van der Waals surface area contributed by atoms with Crippen molar-refractivity contribution in [3.63, 3.8) is 0 Å². The van der Waals surface area contributed by atoms with Gasteiger partial charge in [-0.2, -0.15) is 0 Å². The first-order chi connectivity index (χ1) is 21.1. The smallest absolute Gasteiger partial charge is 0.232 e. The van der Waals surface area contributed by atoms with Gasteiger partial charge in [-0.1, -0.05) is 72.8 Å². The van der Waals surface area contributed by atoms with E-state index in [1.165, 1.54) is 36.8 Å². The molecular formula is C37H44N4O2. The summed E-state index contributed by atoms with van der Waals surface area (Å²) in [6.45, 7) is 4.59. The molecule has 3 aromatic carbocycles. The van der Waals surface area contributed by atoms with Crippen LogP contribution in [-0.4, -0.2) is 68.7 Å². The lowest BCUT2D eigenvalue weighted by Gasteiger charge is -2.46. The minimum atomic E-state index is -0.487. The number of likely N-dealkylation sites (tertiary alicyclic amines) is 1. The van der Waals surface area contributed by atoms with Crippen LogP contribution in [0.25, 0.3) is 11.0 Å². The van der Waals surface area contributed by atoms with Crippen LogP contribution in [0.4, 0.5) is 0 Å². The van der Waals surface area contributed by atoms with Crippen LogP contribution in [0, 0.1) is 6.92 Å². The lowest BCUT2D eigenvalue weighted by atomic mass is 9.70. The van der Waals surface area contributed by atoms with Crippen molar-refractivity contribution >= 4 is 16.9 Å². The number of piperidine rings is 2. The Balaban J connectivity index is 1.05. The number of rotatable bonds is 8. The van der Waals surface area contributed by atoms with Crippen LogP contribution in [0.15, 0.2) is 84.9 Å². The van der Waals surface area contributed by atoms with Gasteiger partial charge in [0.1, 0.15) is 5.82 Å². The van der Waals surface area contributed by atoms with Crippen molar-refractivity contribution in [1.82, 2.24) is 19.4 Å². The Morgan fingerprint density at radius 2 is 1.51 bits per heavy atom. The number of fused-ring (bicyclic) bond motifs is 3. The molecule has 1 amide bonds. The topological polar surface area (TPSA) is 61.6 Å². The molecular weight excluding hydrogens is 532 g/mol. The zero-order valence-corrected chi connectivity index (χ0v) is 25.3. The number of para-hydroxylation sites is 2. The number of aliphatic hydroxyl groups is 1. The van der Waals surface area contributed by atoms with Crippen molar-refractivity contribution in [3.8, 4) is 0 Å². The van der Waals surface area contributed by atoms with Gasteiger partial charge in [0, 0.05) is 31.2 Å². The van der Waals surface area contributed by atoms with Gasteiger partial charge in [-0.3, -0.25) is 9.69 Å². The van der Waals surface area contributed by atoms with E-state index in [1.807, 2.05) is 35.2 Å². The van der Waals surface area contributed by atoms with Crippen molar-refractivity contribution in [3.05, 3.63) is 102 Å². The highest BCUT2D eigenvalue weighted by Crippen LogP contribution is 2.45. The molecule has 3 unspecified atom stereocenters. The summed E-state index contributed by atoms with van der Waals surface area (Å²) in [5, 5.41) is 10.1. The molecule has 7 rings (SSSR count). The Kier molecular flexibility index (Phi) is 7.83. The van der Waals surface area contributed by atoms with Crippen molar-refractivity contribution in [2.45, 2.75) is 81.3 Å². The maximum atomic E-state index is 13.6. The number of aromatic nitrogens is 2. The summed E-state index contributed by atoms with van der Waals surface area (Å²) in [5.41, 5.74) is 4.75. The van der Waals surface area contributed by atoms with E-state index in [1.54, 1.807) is 0 Å². The maximum absolute atomic E-state index is 13.6. The minimum absolute atomic E-state index is 0.0535.